The van der Waals surface area contributed by atoms with Crippen LogP contribution in [0, 0.1) is 0 Å². The molecule has 1 aromatic heterocycles. The van der Waals surface area contributed by atoms with E-state index in [2.05, 4.69) is 5.10 Å². The van der Waals surface area contributed by atoms with Gasteiger partial charge in [-0.1, -0.05) is 0 Å². The van der Waals surface area contributed by atoms with Gasteiger partial charge in [0.15, 0.2) is 0 Å². The van der Waals surface area contributed by atoms with E-state index in [1.807, 2.05) is 0 Å². The smallest absolute Gasteiger partial charge is 0.389 e. The van der Waals surface area contributed by atoms with Gasteiger partial charge in [-0.3, -0.25) is 5.10 Å². The second kappa shape index (κ2) is 4.17. The number of H-pyrrole nitrogens is 1. The summed E-state index contributed by atoms with van der Waals surface area (Å²) in [6.07, 6.45) is -7.00. The van der Waals surface area contributed by atoms with Crippen LogP contribution in [0.2, 0.25) is 0 Å². The van der Waals surface area contributed by atoms with Gasteiger partial charge in [-0.15, -0.1) is 0 Å². The first kappa shape index (κ1) is 12.0. The van der Waals surface area contributed by atoms with Crippen LogP contribution in [-0.4, -0.2) is 33.1 Å². The Balaban J connectivity index is 3.00. The van der Waals surface area contributed by atoms with Gasteiger partial charge in [0.1, 0.15) is 11.8 Å². The molecule has 5 N–H and O–H groups in total. The molecule has 1 aromatic rings. The van der Waals surface area contributed by atoms with Crippen LogP contribution in [0.15, 0.2) is 6.20 Å². The van der Waals surface area contributed by atoms with Crippen LogP contribution >= 0.6 is 0 Å². The van der Waals surface area contributed by atoms with Gasteiger partial charge in [0.05, 0.1) is 12.3 Å². The van der Waals surface area contributed by atoms with Crippen LogP contribution < -0.4 is 5.73 Å². The van der Waals surface area contributed by atoms with Crippen LogP contribution in [0.4, 0.5) is 13.2 Å². The predicted octanol–water partition coefficient (Wildman–Crippen LogP) is -0.218. The average Bonchev–Trinajstić information content (AvgIpc) is 2.63. The summed E-state index contributed by atoms with van der Waals surface area (Å²) in [7, 11) is 0. The molecule has 5 nitrogen and oxygen atoms in total. The highest BCUT2D eigenvalue weighted by atomic mass is 19.4. The van der Waals surface area contributed by atoms with Crippen molar-refractivity contribution in [2.24, 2.45) is 5.73 Å². The first-order chi connectivity index (χ1) is 6.88. The van der Waals surface area contributed by atoms with Crippen LogP contribution in [0.3, 0.4) is 0 Å². The third-order valence-electron chi connectivity index (χ3n) is 1.88. The average molecular weight is 225 g/mol. The molecule has 0 aliphatic carbocycles. The number of aliphatic hydroxyl groups is 2. The highest BCUT2D eigenvalue weighted by Crippen LogP contribution is 2.33. The molecule has 15 heavy (non-hydrogen) atoms. The first-order valence-electron chi connectivity index (χ1n) is 4.04. The Bertz CT molecular complexity index is 326. The van der Waals surface area contributed by atoms with E-state index in [0.717, 1.165) is 6.20 Å². The molecule has 1 rings (SSSR count). The zero-order chi connectivity index (χ0) is 11.6. The summed E-state index contributed by atoms with van der Waals surface area (Å²) in [6, 6.07) is 0. The molecule has 0 fully saturated rings. The van der Waals surface area contributed by atoms with E-state index in [1.54, 1.807) is 5.10 Å². The van der Waals surface area contributed by atoms with E-state index in [4.69, 9.17) is 10.8 Å². The van der Waals surface area contributed by atoms with Crippen LogP contribution in [0.25, 0.3) is 0 Å². The van der Waals surface area contributed by atoms with Crippen molar-refractivity contribution in [2.45, 2.75) is 18.4 Å². The Kier molecular flexibility index (Phi) is 3.32. The highest BCUT2D eigenvalue weighted by molar-refractivity contribution is 5.22. The van der Waals surface area contributed by atoms with E-state index < -0.39 is 29.6 Å². The number of nitrogens with one attached hydrogen (secondary N) is 1. The summed E-state index contributed by atoms with van der Waals surface area (Å²) in [6.45, 7) is -0.344. The van der Waals surface area contributed by atoms with Gasteiger partial charge in [-0.25, -0.2) is 0 Å². The summed E-state index contributed by atoms with van der Waals surface area (Å²) in [5.41, 5.74) is 3.32. The number of halogens is 3. The van der Waals surface area contributed by atoms with Gasteiger partial charge < -0.3 is 15.9 Å². The predicted molar refractivity (Wildman–Crippen MR) is 43.6 cm³/mol. The molecule has 0 amide bonds. The molecular formula is C7H10F3N3O2. The molecule has 0 saturated heterocycles. The minimum absolute atomic E-state index is 0.344. The van der Waals surface area contributed by atoms with E-state index in [-0.39, 0.29) is 6.54 Å². The Morgan fingerprint density at radius 2 is 2.07 bits per heavy atom. The molecule has 86 valence electrons. The molecule has 2 unspecified atom stereocenters. The minimum atomic E-state index is -4.65. The summed E-state index contributed by atoms with van der Waals surface area (Å²) in [4.78, 5) is 0. The van der Waals surface area contributed by atoms with Gasteiger partial charge in [0.25, 0.3) is 0 Å². The van der Waals surface area contributed by atoms with Crippen molar-refractivity contribution >= 4 is 0 Å². The number of aromatic amines is 1. The highest BCUT2D eigenvalue weighted by Gasteiger charge is 2.38. The second-order valence-corrected chi connectivity index (χ2v) is 2.95. The summed E-state index contributed by atoms with van der Waals surface area (Å²) >= 11 is 0. The van der Waals surface area contributed by atoms with Crippen molar-refractivity contribution in [3.8, 4) is 0 Å². The molecule has 0 saturated carbocycles. The molecule has 0 bridgehead atoms. The van der Waals surface area contributed by atoms with Crippen molar-refractivity contribution in [3.63, 3.8) is 0 Å². The third-order valence-corrected chi connectivity index (χ3v) is 1.88. The van der Waals surface area contributed by atoms with E-state index in [1.165, 1.54) is 0 Å². The fourth-order valence-corrected chi connectivity index (χ4v) is 1.08. The monoisotopic (exact) mass is 225 g/mol. The van der Waals surface area contributed by atoms with Crippen molar-refractivity contribution in [3.05, 3.63) is 17.5 Å². The van der Waals surface area contributed by atoms with Gasteiger partial charge in [-0.05, 0) is 0 Å². The van der Waals surface area contributed by atoms with Crippen molar-refractivity contribution < 1.29 is 23.4 Å². The number of hydrogen-bond donors (Lipinski definition) is 4. The third kappa shape index (κ3) is 2.46. The largest absolute Gasteiger partial charge is 0.433 e. The molecular weight excluding hydrogens is 215 g/mol. The molecule has 0 spiro atoms. The fraction of sp³-hybridized carbons (Fsp3) is 0.571. The normalized spacial score (nSPS) is 16.4. The zero-order valence-electron chi connectivity index (χ0n) is 7.49. The lowest BCUT2D eigenvalue weighted by Crippen LogP contribution is -2.28. The number of alkyl halides is 3. The van der Waals surface area contributed by atoms with Gasteiger partial charge >= 0.3 is 6.18 Å². The number of aromatic nitrogens is 2. The Morgan fingerprint density at radius 3 is 2.53 bits per heavy atom. The molecule has 0 aliphatic heterocycles. The lowest BCUT2D eigenvalue weighted by molar-refractivity contribution is -0.143. The van der Waals surface area contributed by atoms with Crippen LogP contribution in [-0.2, 0) is 6.18 Å². The van der Waals surface area contributed by atoms with Crippen molar-refractivity contribution in [1.82, 2.24) is 10.2 Å². The van der Waals surface area contributed by atoms with E-state index >= 15 is 0 Å². The second-order valence-electron chi connectivity index (χ2n) is 2.95. The van der Waals surface area contributed by atoms with E-state index in [0.29, 0.717) is 0 Å². The minimum Gasteiger partial charge on any atom is -0.389 e. The summed E-state index contributed by atoms with van der Waals surface area (Å²) in [5.74, 6) is 0. The number of aliphatic hydroxyl groups excluding tert-OH is 2. The lowest BCUT2D eigenvalue weighted by Gasteiger charge is -2.16. The fourth-order valence-electron chi connectivity index (χ4n) is 1.08. The molecule has 0 aliphatic rings. The topological polar surface area (TPSA) is 95.2 Å². The Morgan fingerprint density at radius 1 is 1.47 bits per heavy atom. The Labute approximate surface area is 82.7 Å². The SMILES string of the molecule is NCC(O)C(O)c1cn[nH]c1C(F)(F)F. The molecule has 2 atom stereocenters. The standard InChI is InChI=1S/C7H10F3N3O2/c8-7(9,10)6-3(2-12-13-6)5(15)4(14)1-11/h2,4-5,14-15H,1,11H2,(H,12,13). The van der Waals surface area contributed by atoms with Crippen LogP contribution in [0.5, 0.6) is 0 Å². The molecule has 8 heteroatoms. The van der Waals surface area contributed by atoms with Gasteiger partial charge in [0, 0.05) is 12.1 Å². The quantitative estimate of drug-likeness (QED) is 0.572. The van der Waals surface area contributed by atoms with Crippen molar-refractivity contribution in [2.75, 3.05) is 6.54 Å². The summed E-state index contributed by atoms with van der Waals surface area (Å²) < 4.78 is 36.9. The maximum atomic E-state index is 12.3. The first-order valence-corrected chi connectivity index (χ1v) is 4.04. The summed E-state index contributed by atoms with van der Waals surface area (Å²) in [5, 5.41) is 23.3. The molecule has 0 aromatic carbocycles. The van der Waals surface area contributed by atoms with Crippen LogP contribution in [0.1, 0.15) is 17.4 Å². The van der Waals surface area contributed by atoms with Gasteiger partial charge in [-0.2, -0.15) is 18.3 Å². The molecule has 1 heterocycles. The van der Waals surface area contributed by atoms with E-state index in [9.17, 15) is 18.3 Å². The molecule has 0 radical (unpaired) electrons. The maximum absolute atomic E-state index is 12.3. The number of rotatable bonds is 3. The maximum Gasteiger partial charge on any atom is 0.433 e. The number of hydrogen-bond acceptors (Lipinski definition) is 4. The number of nitrogens with two attached hydrogens (primary N) is 1. The number of nitrogens with zero attached hydrogens (tertiary/aromatic N) is 1. The van der Waals surface area contributed by atoms with Gasteiger partial charge in [0.2, 0.25) is 0 Å². The van der Waals surface area contributed by atoms with Crippen molar-refractivity contribution in [1.29, 1.82) is 0 Å². The lowest BCUT2D eigenvalue weighted by atomic mass is 10.1. The Hall–Kier alpha value is -1.12. The zero-order valence-corrected chi connectivity index (χ0v) is 7.49.